The van der Waals surface area contributed by atoms with Crippen molar-refractivity contribution in [1.29, 1.82) is 0 Å². The molecule has 0 fully saturated rings. The van der Waals surface area contributed by atoms with Crippen LogP contribution in [0, 0.1) is 0 Å². The van der Waals surface area contributed by atoms with Crippen LogP contribution in [0.25, 0.3) is 22.2 Å². The molecular weight excluding hydrogens is 176 g/mol. The minimum Gasteiger partial charge on any atom is -0.361 e. The van der Waals surface area contributed by atoms with E-state index in [-0.39, 0.29) is 0 Å². The Balaban J connectivity index is 2.23. The minimum atomic E-state index is 0.820. The van der Waals surface area contributed by atoms with Crippen LogP contribution in [0.1, 0.15) is 0 Å². The third-order valence-corrected chi connectivity index (χ3v) is 2.26. The number of rotatable bonds is 1. The summed E-state index contributed by atoms with van der Waals surface area (Å²) in [7, 11) is 0. The highest BCUT2D eigenvalue weighted by Gasteiger charge is 2.01. The monoisotopic (exact) mass is 184 g/mol. The third-order valence-electron chi connectivity index (χ3n) is 2.26. The topological polar surface area (TPSA) is 41.8 Å². The Morgan fingerprint density at radius 2 is 2.21 bits per heavy atom. The number of aromatic amines is 1. The maximum Gasteiger partial charge on any atom is 0.166 e. The van der Waals surface area contributed by atoms with Crippen molar-refractivity contribution in [3.8, 4) is 11.3 Å². The van der Waals surface area contributed by atoms with Crippen LogP contribution in [0.2, 0.25) is 0 Å². The molecule has 14 heavy (non-hydrogen) atoms. The van der Waals surface area contributed by atoms with Gasteiger partial charge in [0.1, 0.15) is 0 Å². The van der Waals surface area contributed by atoms with Gasteiger partial charge < -0.3 is 9.51 Å². The fourth-order valence-corrected chi connectivity index (χ4v) is 1.55. The van der Waals surface area contributed by atoms with Crippen LogP contribution >= 0.6 is 0 Å². The van der Waals surface area contributed by atoms with Crippen molar-refractivity contribution in [2.45, 2.75) is 0 Å². The average Bonchev–Trinajstić information content (AvgIpc) is 2.88. The molecule has 0 saturated heterocycles. The van der Waals surface area contributed by atoms with Gasteiger partial charge in [-0.15, -0.1) is 0 Å². The molecule has 1 N–H and O–H groups in total. The maximum absolute atomic E-state index is 5.03. The number of H-pyrrole nitrogens is 1. The summed E-state index contributed by atoms with van der Waals surface area (Å²) in [5.41, 5.74) is 3.07. The number of hydrogen-bond donors (Lipinski definition) is 1. The second kappa shape index (κ2) is 2.73. The highest BCUT2D eigenvalue weighted by molar-refractivity contribution is 5.81. The number of fused-ring (bicyclic) bond motifs is 1. The fourth-order valence-electron chi connectivity index (χ4n) is 1.55. The van der Waals surface area contributed by atoms with Gasteiger partial charge >= 0.3 is 0 Å². The Hall–Kier alpha value is -2.03. The molecule has 0 bridgehead atoms. The second-order valence-corrected chi connectivity index (χ2v) is 3.16. The summed E-state index contributed by atoms with van der Waals surface area (Å²) in [5, 5.41) is 4.76. The molecule has 0 atom stereocenters. The minimum absolute atomic E-state index is 0.820. The average molecular weight is 184 g/mol. The van der Waals surface area contributed by atoms with E-state index >= 15 is 0 Å². The summed E-state index contributed by atoms with van der Waals surface area (Å²) in [6.45, 7) is 0. The molecule has 3 nitrogen and oxygen atoms in total. The van der Waals surface area contributed by atoms with Gasteiger partial charge in [0.15, 0.2) is 5.58 Å². The first-order chi connectivity index (χ1) is 6.93. The molecule has 0 radical (unpaired) electrons. The first kappa shape index (κ1) is 7.38. The Bertz CT molecular complexity index is 551. The van der Waals surface area contributed by atoms with Gasteiger partial charge in [-0.2, -0.15) is 0 Å². The Morgan fingerprint density at radius 1 is 1.21 bits per heavy atom. The summed E-state index contributed by atoms with van der Waals surface area (Å²) < 4.78 is 5.03. The normalized spacial score (nSPS) is 10.9. The van der Waals surface area contributed by atoms with Gasteiger partial charge in [0.2, 0.25) is 0 Å². The van der Waals surface area contributed by atoms with Crippen molar-refractivity contribution in [3.63, 3.8) is 0 Å². The van der Waals surface area contributed by atoms with E-state index in [1.54, 1.807) is 6.20 Å². The summed E-state index contributed by atoms with van der Waals surface area (Å²) >= 11 is 0. The Labute approximate surface area is 80.3 Å². The molecule has 0 amide bonds. The van der Waals surface area contributed by atoms with Crippen LogP contribution in [0.15, 0.2) is 47.2 Å². The largest absolute Gasteiger partial charge is 0.361 e. The number of aromatic nitrogens is 2. The van der Waals surface area contributed by atoms with E-state index in [9.17, 15) is 0 Å². The molecule has 0 aliphatic carbocycles. The molecule has 3 aromatic rings. The van der Waals surface area contributed by atoms with Crippen LogP contribution in [-0.4, -0.2) is 10.1 Å². The van der Waals surface area contributed by atoms with Crippen LogP contribution in [0.5, 0.6) is 0 Å². The molecule has 0 aliphatic rings. The molecule has 0 aliphatic heterocycles. The number of nitrogens with zero attached hydrogens (tertiary/aromatic N) is 1. The van der Waals surface area contributed by atoms with Crippen molar-refractivity contribution < 1.29 is 4.52 Å². The van der Waals surface area contributed by atoms with Crippen molar-refractivity contribution >= 4 is 11.0 Å². The van der Waals surface area contributed by atoms with Crippen LogP contribution < -0.4 is 0 Å². The van der Waals surface area contributed by atoms with Crippen LogP contribution in [-0.2, 0) is 0 Å². The maximum atomic E-state index is 5.03. The highest BCUT2D eigenvalue weighted by atomic mass is 16.5. The Morgan fingerprint density at radius 3 is 3.07 bits per heavy atom. The third kappa shape index (κ3) is 1.03. The van der Waals surface area contributed by atoms with Gasteiger partial charge in [-0.25, -0.2) is 0 Å². The van der Waals surface area contributed by atoms with E-state index in [0.29, 0.717) is 0 Å². The molecule has 2 heterocycles. The van der Waals surface area contributed by atoms with Gasteiger partial charge in [0.05, 0.1) is 6.20 Å². The smallest absolute Gasteiger partial charge is 0.166 e. The summed E-state index contributed by atoms with van der Waals surface area (Å²) in [6.07, 6.45) is 3.63. The fraction of sp³-hybridized carbons (Fsp3) is 0. The lowest BCUT2D eigenvalue weighted by molar-refractivity contribution is 0.456. The van der Waals surface area contributed by atoms with Crippen molar-refractivity contribution in [3.05, 3.63) is 42.7 Å². The molecule has 3 heteroatoms. The van der Waals surface area contributed by atoms with Gasteiger partial charge in [-0.3, -0.25) is 0 Å². The van der Waals surface area contributed by atoms with Gasteiger partial charge in [0, 0.05) is 17.3 Å². The zero-order valence-corrected chi connectivity index (χ0v) is 7.40. The van der Waals surface area contributed by atoms with E-state index in [1.807, 2.05) is 30.5 Å². The predicted octanol–water partition coefficient (Wildman–Crippen LogP) is 2.82. The van der Waals surface area contributed by atoms with E-state index in [0.717, 1.165) is 22.2 Å². The number of benzene rings is 1. The van der Waals surface area contributed by atoms with Gasteiger partial charge in [-0.1, -0.05) is 5.16 Å². The second-order valence-electron chi connectivity index (χ2n) is 3.16. The lowest BCUT2D eigenvalue weighted by Crippen LogP contribution is -1.75. The Kier molecular flexibility index (Phi) is 1.44. The van der Waals surface area contributed by atoms with E-state index in [1.165, 1.54) is 0 Å². The zero-order chi connectivity index (χ0) is 9.38. The number of nitrogens with one attached hydrogen (secondary N) is 1. The zero-order valence-electron chi connectivity index (χ0n) is 7.40. The molecule has 1 aromatic carbocycles. The van der Waals surface area contributed by atoms with E-state index in [2.05, 4.69) is 16.2 Å². The van der Waals surface area contributed by atoms with E-state index < -0.39 is 0 Å². The SMILES string of the molecule is c1c[nH]c(-c2ccc3oncc3c2)c1. The first-order valence-corrected chi connectivity index (χ1v) is 4.42. The van der Waals surface area contributed by atoms with Crippen LogP contribution in [0.4, 0.5) is 0 Å². The molecular formula is C11H8N2O. The molecule has 0 spiro atoms. The van der Waals surface area contributed by atoms with Crippen molar-refractivity contribution in [1.82, 2.24) is 10.1 Å². The summed E-state index contributed by atoms with van der Waals surface area (Å²) in [5.74, 6) is 0. The van der Waals surface area contributed by atoms with E-state index in [4.69, 9.17) is 4.52 Å². The standard InChI is InChI=1S/C11H8N2O/c1-2-10(12-5-1)8-3-4-11-9(6-8)7-13-14-11/h1-7,12H. The van der Waals surface area contributed by atoms with Gasteiger partial charge in [-0.05, 0) is 35.9 Å². The van der Waals surface area contributed by atoms with Gasteiger partial charge in [0.25, 0.3) is 0 Å². The molecule has 68 valence electrons. The van der Waals surface area contributed by atoms with Crippen molar-refractivity contribution in [2.24, 2.45) is 0 Å². The van der Waals surface area contributed by atoms with Crippen molar-refractivity contribution in [2.75, 3.05) is 0 Å². The first-order valence-electron chi connectivity index (χ1n) is 4.42. The number of hydrogen-bond acceptors (Lipinski definition) is 2. The predicted molar refractivity (Wildman–Crippen MR) is 53.8 cm³/mol. The molecule has 2 aromatic heterocycles. The van der Waals surface area contributed by atoms with Crippen LogP contribution in [0.3, 0.4) is 0 Å². The summed E-state index contributed by atoms with van der Waals surface area (Å²) in [6, 6.07) is 10.0. The molecule has 0 saturated carbocycles. The lowest BCUT2D eigenvalue weighted by atomic mass is 10.1. The molecule has 0 unspecified atom stereocenters. The quantitative estimate of drug-likeness (QED) is 0.631. The lowest BCUT2D eigenvalue weighted by Gasteiger charge is -1.96. The summed E-state index contributed by atoms with van der Waals surface area (Å²) in [4.78, 5) is 3.16. The molecule has 3 rings (SSSR count). The highest BCUT2D eigenvalue weighted by Crippen LogP contribution is 2.22.